The Morgan fingerprint density at radius 3 is 1.83 bits per heavy atom. The maximum Gasteiger partial charge on any atom is 0.243 e. The molecule has 0 saturated carbocycles. The van der Waals surface area contributed by atoms with Gasteiger partial charge in [-0.2, -0.15) is 0 Å². The van der Waals surface area contributed by atoms with Crippen LogP contribution in [0.1, 0.15) is 31.4 Å². The second-order valence-electron chi connectivity index (χ2n) is 7.41. The highest BCUT2D eigenvalue weighted by atomic mass is 32.2. The van der Waals surface area contributed by atoms with Crippen molar-refractivity contribution in [3.63, 3.8) is 0 Å². The van der Waals surface area contributed by atoms with E-state index in [0.29, 0.717) is 17.5 Å². The van der Waals surface area contributed by atoms with Crippen molar-refractivity contribution in [1.82, 2.24) is 4.72 Å². The molecule has 2 N–H and O–H groups in total. The van der Waals surface area contributed by atoms with Gasteiger partial charge in [-0.1, -0.05) is 93.1 Å². The van der Waals surface area contributed by atoms with Crippen molar-refractivity contribution in [2.24, 2.45) is 5.92 Å². The minimum absolute atomic E-state index is 0.253. The fourth-order valence-electron chi connectivity index (χ4n) is 3.65. The molecule has 0 aliphatic rings. The average molecular weight is 428 g/mol. The Kier molecular flexibility index (Phi) is 6.71. The third kappa shape index (κ3) is 4.31. The van der Waals surface area contributed by atoms with E-state index >= 15 is 0 Å². The summed E-state index contributed by atoms with van der Waals surface area (Å²) in [4.78, 5) is -0.443. The zero-order valence-corrected chi connectivity index (χ0v) is 17.8. The normalized spacial score (nSPS) is 14.3. The predicted molar refractivity (Wildman–Crippen MR) is 116 cm³/mol. The predicted octanol–water partition coefficient (Wildman–Crippen LogP) is 4.45. The Morgan fingerprint density at radius 1 is 0.900 bits per heavy atom. The Labute approximate surface area is 177 Å². The number of nitrogens with one attached hydrogen (secondary N) is 1. The SMILES string of the molecule is CC[C@H](C)[C@H](NS(=O)(=O)c1ccccc1F)C(O)(c1ccccc1)c1ccccc1. The largest absolute Gasteiger partial charge is 0.379 e. The molecular formula is C24H26FNO3S. The zero-order chi connectivity index (χ0) is 21.8. The summed E-state index contributed by atoms with van der Waals surface area (Å²) in [5, 5.41) is 12.1. The third-order valence-electron chi connectivity index (χ3n) is 5.50. The Balaban J connectivity index is 2.18. The van der Waals surface area contributed by atoms with Crippen LogP contribution in [0.4, 0.5) is 4.39 Å². The summed E-state index contributed by atoms with van der Waals surface area (Å²) < 4.78 is 43.2. The molecule has 0 fully saturated rings. The Hall–Kier alpha value is -2.54. The fraction of sp³-hybridized carbons (Fsp3) is 0.250. The van der Waals surface area contributed by atoms with E-state index in [1.165, 1.54) is 18.2 Å². The first-order valence-electron chi connectivity index (χ1n) is 9.91. The quantitative estimate of drug-likeness (QED) is 0.558. The van der Waals surface area contributed by atoms with Crippen molar-refractivity contribution in [2.75, 3.05) is 0 Å². The van der Waals surface area contributed by atoms with Crippen molar-refractivity contribution in [3.8, 4) is 0 Å². The lowest BCUT2D eigenvalue weighted by Crippen LogP contribution is -2.54. The smallest absolute Gasteiger partial charge is 0.243 e. The summed E-state index contributed by atoms with van der Waals surface area (Å²) in [5.41, 5.74) is -0.550. The highest BCUT2D eigenvalue weighted by molar-refractivity contribution is 7.89. The molecule has 158 valence electrons. The lowest BCUT2D eigenvalue weighted by Gasteiger charge is -2.40. The van der Waals surface area contributed by atoms with Crippen LogP contribution >= 0.6 is 0 Å². The number of aliphatic hydroxyl groups is 1. The summed E-state index contributed by atoms with van der Waals surface area (Å²) in [5.74, 6) is -1.09. The molecule has 0 aliphatic carbocycles. The molecule has 0 amide bonds. The molecule has 30 heavy (non-hydrogen) atoms. The van der Waals surface area contributed by atoms with E-state index in [1.54, 1.807) is 48.5 Å². The summed E-state index contributed by atoms with van der Waals surface area (Å²) >= 11 is 0. The second kappa shape index (κ2) is 9.08. The molecule has 0 bridgehead atoms. The second-order valence-corrected chi connectivity index (χ2v) is 9.10. The summed E-state index contributed by atoms with van der Waals surface area (Å²) in [6.07, 6.45) is 0.604. The van der Waals surface area contributed by atoms with Gasteiger partial charge in [0.05, 0.1) is 6.04 Å². The van der Waals surface area contributed by atoms with Crippen molar-refractivity contribution < 1.29 is 17.9 Å². The van der Waals surface area contributed by atoms with Gasteiger partial charge in [-0.15, -0.1) is 0 Å². The minimum atomic E-state index is -4.23. The lowest BCUT2D eigenvalue weighted by atomic mass is 9.75. The highest BCUT2D eigenvalue weighted by Crippen LogP contribution is 2.37. The van der Waals surface area contributed by atoms with E-state index in [4.69, 9.17) is 0 Å². The number of halogens is 1. The first-order valence-corrected chi connectivity index (χ1v) is 11.4. The lowest BCUT2D eigenvalue weighted by molar-refractivity contribution is 0.0247. The van der Waals surface area contributed by atoms with Gasteiger partial charge in [0.25, 0.3) is 0 Å². The van der Waals surface area contributed by atoms with Crippen LogP contribution in [0.2, 0.25) is 0 Å². The van der Waals surface area contributed by atoms with Crippen LogP contribution in [0.25, 0.3) is 0 Å². The van der Waals surface area contributed by atoms with E-state index in [9.17, 15) is 17.9 Å². The third-order valence-corrected chi connectivity index (χ3v) is 6.97. The van der Waals surface area contributed by atoms with Crippen LogP contribution in [-0.2, 0) is 15.6 Å². The van der Waals surface area contributed by atoms with Gasteiger partial charge in [0, 0.05) is 0 Å². The molecule has 0 aliphatic heterocycles. The molecule has 0 heterocycles. The molecule has 3 aromatic carbocycles. The number of benzene rings is 3. The van der Waals surface area contributed by atoms with Gasteiger partial charge in [-0.05, 0) is 29.2 Å². The first-order chi connectivity index (χ1) is 14.3. The van der Waals surface area contributed by atoms with Gasteiger partial charge in [0.15, 0.2) is 0 Å². The van der Waals surface area contributed by atoms with Crippen LogP contribution in [0, 0.1) is 11.7 Å². The van der Waals surface area contributed by atoms with Crippen LogP contribution in [-0.4, -0.2) is 19.6 Å². The molecule has 4 nitrogen and oxygen atoms in total. The average Bonchev–Trinajstić information content (AvgIpc) is 2.78. The number of hydrogen-bond donors (Lipinski definition) is 2. The molecule has 3 rings (SSSR count). The van der Waals surface area contributed by atoms with Crippen molar-refractivity contribution in [1.29, 1.82) is 0 Å². The molecule has 0 radical (unpaired) electrons. The fourth-order valence-corrected chi connectivity index (χ4v) is 5.10. The van der Waals surface area contributed by atoms with Gasteiger partial charge in [0.1, 0.15) is 16.3 Å². The van der Waals surface area contributed by atoms with Gasteiger partial charge in [-0.3, -0.25) is 0 Å². The monoisotopic (exact) mass is 427 g/mol. The number of hydrogen-bond acceptors (Lipinski definition) is 3. The van der Waals surface area contributed by atoms with Crippen LogP contribution < -0.4 is 4.72 Å². The van der Waals surface area contributed by atoms with Crippen molar-refractivity contribution in [2.45, 2.75) is 36.8 Å². The molecule has 6 heteroatoms. The van der Waals surface area contributed by atoms with E-state index in [1.807, 2.05) is 26.0 Å². The first kappa shape index (κ1) is 22.2. The molecule has 2 atom stereocenters. The van der Waals surface area contributed by atoms with Gasteiger partial charge >= 0.3 is 0 Å². The van der Waals surface area contributed by atoms with E-state index in [-0.39, 0.29) is 5.92 Å². The zero-order valence-electron chi connectivity index (χ0n) is 17.0. The van der Waals surface area contributed by atoms with Crippen molar-refractivity contribution in [3.05, 3.63) is 102 Å². The Bertz CT molecular complexity index is 1030. The molecule has 0 aromatic heterocycles. The highest BCUT2D eigenvalue weighted by Gasteiger charge is 2.45. The molecule has 3 aromatic rings. The van der Waals surface area contributed by atoms with E-state index in [2.05, 4.69) is 4.72 Å². The van der Waals surface area contributed by atoms with Crippen LogP contribution in [0.15, 0.2) is 89.8 Å². The topological polar surface area (TPSA) is 66.4 Å². The van der Waals surface area contributed by atoms with Crippen LogP contribution in [0.5, 0.6) is 0 Å². The van der Waals surface area contributed by atoms with Gasteiger partial charge in [-0.25, -0.2) is 17.5 Å². The van der Waals surface area contributed by atoms with E-state index < -0.39 is 32.4 Å². The van der Waals surface area contributed by atoms with Crippen molar-refractivity contribution >= 4 is 10.0 Å². The Morgan fingerprint density at radius 2 is 1.37 bits per heavy atom. The summed E-state index contributed by atoms with van der Waals surface area (Å²) in [6.45, 7) is 3.79. The van der Waals surface area contributed by atoms with Gasteiger partial charge in [0.2, 0.25) is 10.0 Å². The minimum Gasteiger partial charge on any atom is -0.379 e. The maximum atomic E-state index is 14.3. The summed E-state index contributed by atoms with van der Waals surface area (Å²) in [7, 11) is -4.23. The molecule has 0 saturated heterocycles. The number of rotatable bonds is 8. The van der Waals surface area contributed by atoms with Gasteiger partial charge < -0.3 is 5.11 Å². The standard InChI is InChI=1S/C24H26FNO3S/c1-3-18(2)23(26-30(28,29)22-17-11-10-16-21(22)25)24(27,19-12-6-4-7-13-19)20-14-8-5-9-15-20/h4-18,23,26-27H,3H2,1-2H3/t18-,23-/m0/s1. The summed E-state index contributed by atoms with van der Waals surface area (Å²) in [6, 6.07) is 22.2. The number of sulfonamides is 1. The molecule has 0 unspecified atom stereocenters. The maximum absolute atomic E-state index is 14.3. The van der Waals surface area contributed by atoms with Crippen LogP contribution in [0.3, 0.4) is 0 Å². The van der Waals surface area contributed by atoms with E-state index in [0.717, 1.165) is 6.07 Å². The molecular weight excluding hydrogens is 401 g/mol. The molecule has 0 spiro atoms.